The van der Waals surface area contributed by atoms with Gasteiger partial charge in [-0.05, 0) is 42.8 Å². The SMILES string of the molecule is Cc1cc(Cl)ccc1Nc1ncnc(Nc2cccc3cccnc23)c1[N+](=O)[O-]. The summed E-state index contributed by atoms with van der Waals surface area (Å²) in [5.74, 6) is 0.142. The molecule has 0 atom stereocenters. The van der Waals surface area contributed by atoms with Crippen molar-refractivity contribution in [2.45, 2.75) is 6.92 Å². The molecule has 0 fully saturated rings. The fraction of sp³-hybridized carbons (Fsp3) is 0.0500. The number of anilines is 4. The van der Waals surface area contributed by atoms with Crippen LogP contribution in [0.4, 0.5) is 28.7 Å². The number of para-hydroxylation sites is 1. The number of halogens is 1. The van der Waals surface area contributed by atoms with E-state index >= 15 is 0 Å². The van der Waals surface area contributed by atoms with Crippen LogP contribution in [0.15, 0.2) is 61.1 Å². The standard InChI is InChI=1S/C20H15ClN6O2/c1-12-10-14(21)7-8-15(12)25-19-18(27(28)29)20(24-11-23-19)26-16-6-2-4-13-5-3-9-22-17(13)16/h2-11H,1H3,(H2,23,24,25,26). The fourth-order valence-electron chi connectivity index (χ4n) is 2.96. The molecule has 4 aromatic rings. The average Bonchev–Trinajstić information content (AvgIpc) is 2.70. The number of nitrogens with one attached hydrogen (secondary N) is 2. The zero-order valence-corrected chi connectivity index (χ0v) is 16.0. The lowest BCUT2D eigenvalue weighted by Gasteiger charge is -2.12. The molecule has 0 saturated carbocycles. The number of hydrogen-bond donors (Lipinski definition) is 2. The highest BCUT2D eigenvalue weighted by Crippen LogP contribution is 2.35. The van der Waals surface area contributed by atoms with E-state index in [0.717, 1.165) is 10.9 Å². The van der Waals surface area contributed by atoms with Gasteiger partial charge in [0, 0.05) is 22.3 Å². The number of fused-ring (bicyclic) bond motifs is 1. The molecule has 0 aliphatic rings. The first-order valence-electron chi connectivity index (χ1n) is 8.66. The lowest BCUT2D eigenvalue weighted by Crippen LogP contribution is -2.06. The van der Waals surface area contributed by atoms with Crippen LogP contribution in [0.1, 0.15) is 5.56 Å². The second kappa shape index (κ2) is 7.69. The van der Waals surface area contributed by atoms with Crippen molar-refractivity contribution in [1.29, 1.82) is 0 Å². The van der Waals surface area contributed by atoms with E-state index in [1.54, 1.807) is 30.5 Å². The van der Waals surface area contributed by atoms with E-state index in [1.165, 1.54) is 6.33 Å². The Hall–Kier alpha value is -3.78. The molecule has 2 N–H and O–H groups in total. The van der Waals surface area contributed by atoms with Gasteiger partial charge in [0.15, 0.2) is 0 Å². The zero-order valence-electron chi connectivity index (χ0n) is 15.3. The third-order valence-electron chi connectivity index (χ3n) is 4.33. The summed E-state index contributed by atoms with van der Waals surface area (Å²) in [6, 6.07) is 14.5. The van der Waals surface area contributed by atoms with Crippen LogP contribution in [0.2, 0.25) is 5.02 Å². The molecule has 0 aliphatic carbocycles. The fourth-order valence-corrected chi connectivity index (χ4v) is 3.19. The Bertz CT molecular complexity index is 1230. The highest BCUT2D eigenvalue weighted by Gasteiger charge is 2.24. The Morgan fingerprint density at radius 3 is 2.41 bits per heavy atom. The van der Waals surface area contributed by atoms with Crippen molar-refractivity contribution in [3.63, 3.8) is 0 Å². The summed E-state index contributed by atoms with van der Waals surface area (Å²) in [4.78, 5) is 23.8. The first kappa shape index (κ1) is 18.6. The summed E-state index contributed by atoms with van der Waals surface area (Å²) in [5, 5.41) is 19.4. The number of benzene rings is 2. The van der Waals surface area contributed by atoms with E-state index in [4.69, 9.17) is 11.6 Å². The molecule has 144 valence electrons. The second-order valence-electron chi connectivity index (χ2n) is 6.27. The van der Waals surface area contributed by atoms with Crippen molar-refractivity contribution in [1.82, 2.24) is 15.0 Å². The van der Waals surface area contributed by atoms with Crippen LogP contribution in [-0.4, -0.2) is 19.9 Å². The van der Waals surface area contributed by atoms with Crippen LogP contribution in [0.5, 0.6) is 0 Å². The van der Waals surface area contributed by atoms with Gasteiger partial charge in [-0.2, -0.15) is 0 Å². The second-order valence-corrected chi connectivity index (χ2v) is 6.70. The zero-order chi connectivity index (χ0) is 20.4. The number of nitrogens with zero attached hydrogens (tertiary/aromatic N) is 4. The van der Waals surface area contributed by atoms with Crippen LogP contribution in [0.3, 0.4) is 0 Å². The van der Waals surface area contributed by atoms with E-state index in [-0.39, 0.29) is 17.3 Å². The largest absolute Gasteiger partial charge is 0.353 e. The number of nitro groups is 1. The molecule has 4 rings (SSSR count). The highest BCUT2D eigenvalue weighted by atomic mass is 35.5. The molecule has 2 aromatic carbocycles. The van der Waals surface area contributed by atoms with Gasteiger partial charge in [0.05, 0.1) is 16.1 Å². The van der Waals surface area contributed by atoms with E-state index < -0.39 is 4.92 Å². The molecule has 0 radical (unpaired) electrons. The van der Waals surface area contributed by atoms with Crippen molar-refractivity contribution in [2.24, 2.45) is 0 Å². The van der Waals surface area contributed by atoms with E-state index in [2.05, 4.69) is 25.6 Å². The molecule has 0 amide bonds. The van der Waals surface area contributed by atoms with Crippen molar-refractivity contribution >= 4 is 51.2 Å². The Kier molecular flexibility index (Phi) is 4.92. The third-order valence-corrected chi connectivity index (χ3v) is 4.57. The number of aromatic nitrogens is 3. The molecule has 9 heteroatoms. The molecule has 0 aliphatic heterocycles. The summed E-state index contributed by atoms with van der Waals surface area (Å²) in [6.07, 6.45) is 2.93. The van der Waals surface area contributed by atoms with Gasteiger partial charge < -0.3 is 10.6 Å². The van der Waals surface area contributed by atoms with E-state index in [1.807, 2.05) is 31.2 Å². The normalized spacial score (nSPS) is 10.7. The monoisotopic (exact) mass is 406 g/mol. The molecule has 0 spiro atoms. The van der Waals surface area contributed by atoms with E-state index in [0.29, 0.717) is 21.9 Å². The lowest BCUT2D eigenvalue weighted by atomic mass is 10.2. The molecule has 8 nitrogen and oxygen atoms in total. The number of aryl methyl sites for hydroxylation is 1. The molecule has 0 bridgehead atoms. The molecule has 29 heavy (non-hydrogen) atoms. The predicted octanol–water partition coefficient (Wildman–Crippen LogP) is 5.38. The van der Waals surface area contributed by atoms with Gasteiger partial charge in [-0.25, -0.2) is 9.97 Å². The summed E-state index contributed by atoms with van der Waals surface area (Å²) >= 11 is 5.99. The Balaban J connectivity index is 1.76. The molecule has 2 aromatic heterocycles. The van der Waals surface area contributed by atoms with Gasteiger partial charge in [0.1, 0.15) is 6.33 Å². The average molecular weight is 407 g/mol. The third kappa shape index (κ3) is 3.78. The topological polar surface area (TPSA) is 106 Å². The molecular weight excluding hydrogens is 392 g/mol. The minimum Gasteiger partial charge on any atom is -0.334 e. The quantitative estimate of drug-likeness (QED) is 0.338. The first-order valence-corrected chi connectivity index (χ1v) is 9.04. The van der Waals surface area contributed by atoms with Crippen LogP contribution in [-0.2, 0) is 0 Å². The molecule has 0 unspecified atom stereocenters. The summed E-state index contributed by atoms with van der Waals surface area (Å²) in [5.41, 5.74) is 2.52. The Morgan fingerprint density at radius 2 is 1.69 bits per heavy atom. The van der Waals surface area contributed by atoms with Crippen molar-refractivity contribution in [3.8, 4) is 0 Å². The minimum absolute atomic E-state index is 0.0669. The van der Waals surface area contributed by atoms with Gasteiger partial charge in [-0.3, -0.25) is 15.1 Å². The Morgan fingerprint density at radius 1 is 0.966 bits per heavy atom. The smallest absolute Gasteiger partial charge is 0.334 e. The van der Waals surface area contributed by atoms with Crippen molar-refractivity contribution in [3.05, 3.63) is 81.8 Å². The molecule has 0 saturated heterocycles. The number of rotatable bonds is 5. The molecule has 2 heterocycles. The maximum atomic E-state index is 11.8. The van der Waals surface area contributed by atoms with Crippen LogP contribution >= 0.6 is 11.6 Å². The van der Waals surface area contributed by atoms with Gasteiger partial charge in [0.2, 0.25) is 11.6 Å². The predicted molar refractivity (Wildman–Crippen MR) is 113 cm³/mol. The first-order chi connectivity index (χ1) is 14.0. The van der Waals surface area contributed by atoms with Crippen molar-refractivity contribution in [2.75, 3.05) is 10.6 Å². The van der Waals surface area contributed by atoms with Crippen LogP contribution in [0, 0.1) is 17.0 Å². The van der Waals surface area contributed by atoms with Gasteiger partial charge in [0.25, 0.3) is 0 Å². The maximum absolute atomic E-state index is 11.8. The summed E-state index contributed by atoms with van der Waals surface area (Å²) in [6.45, 7) is 1.85. The van der Waals surface area contributed by atoms with E-state index in [9.17, 15) is 10.1 Å². The van der Waals surface area contributed by atoms with Crippen LogP contribution < -0.4 is 10.6 Å². The highest BCUT2D eigenvalue weighted by molar-refractivity contribution is 6.30. The lowest BCUT2D eigenvalue weighted by molar-refractivity contribution is -0.383. The van der Waals surface area contributed by atoms with Crippen LogP contribution in [0.25, 0.3) is 10.9 Å². The number of hydrogen-bond acceptors (Lipinski definition) is 7. The van der Waals surface area contributed by atoms with Gasteiger partial charge >= 0.3 is 5.69 Å². The van der Waals surface area contributed by atoms with Gasteiger partial charge in [-0.15, -0.1) is 0 Å². The maximum Gasteiger partial charge on any atom is 0.353 e. The Labute approximate surface area is 170 Å². The van der Waals surface area contributed by atoms with Crippen molar-refractivity contribution < 1.29 is 4.92 Å². The van der Waals surface area contributed by atoms with Gasteiger partial charge in [-0.1, -0.05) is 29.8 Å². The minimum atomic E-state index is -0.519. The number of pyridine rings is 1. The summed E-state index contributed by atoms with van der Waals surface area (Å²) in [7, 11) is 0. The summed E-state index contributed by atoms with van der Waals surface area (Å²) < 4.78 is 0. The molecular formula is C20H15ClN6O2.